The maximum Gasteiger partial charge on any atom is 0.256 e. The highest BCUT2D eigenvalue weighted by Gasteiger charge is 2.30. The van der Waals surface area contributed by atoms with Crippen molar-refractivity contribution in [2.75, 3.05) is 18.4 Å². The van der Waals surface area contributed by atoms with Crippen LogP contribution in [0.4, 0.5) is 5.13 Å². The number of carbonyl (C=O) groups excluding carboxylic acids is 2. The molecule has 6 nitrogen and oxygen atoms in total. The molecule has 2 amide bonds. The minimum atomic E-state index is -0.227. The normalized spacial score (nSPS) is 16.5. The lowest BCUT2D eigenvalue weighted by atomic mass is 9.96. The van der Waals surface area contributed by atoms with Crippen molar-refractivity contribution in [3.63, 3.8) is 0 Å². The molecular weight excluding hydrogens is 396 g/mol. The third-order valence-corrected chi connectivity index (χ3v) is 6.32. The van der Waals surface area contributed by atoms with Crippen LogP contribution < -0.4 is 5.32 Å². The molecule has 1 atom stereocenters. The van der Waals surface area contributed by atoms with E-state index in [1.54, 1.807) is 6.20 Å². The van der Waals surface area contributed by atoms with Crippen LogP contribution in [0.15, 0.2) is 41.9 Å². The van der Waals surface area contributed by atoms with Gasteiger partial charge in [0.25, 0.3) is 5.91 Å². The number of nitrogens with one attached hydrogen (secondary N) is 1. The Bertz CT molecular complexity index is 1050. The third-order valence-electron chi connectivity index (χ3n) is 5.64. The van der Waals surface area contributed by atoms with Crippen LogP contribution in [0, 0.1) is 26.7 Å². The number of benzene rings is 1. The fourth-order valence-corrected chi connectivity index (χ4v) is 4.64. The molecule has 0 aliphatic carbocycles. The van der Waals surface area contributed by atoms with E-state index < -0.39 is 0 Å². The quantitative estimate of drug-likeness (QED) is 0.680. The highest BCUT2D eigenvalue weighted by Crippen LogP contribution is 2.26. The largest absolute Gasteiger partial charge is 0.338 e. The average Bonchev–Trinajstić information content (AvgIpc) is 3.37. The molecule has 156 valence electrons. The second-order valence-electron chi connectivity index (χ2n) is 7.89. The van der Waals surface area contributed by atoms with Crippen molar-refractivity contribution in [3.05, 3.63) is 64.4 Å². The lowest BCUT2D eigenvalue weighted by Gasteiger charge is -2.32. The van der Waals surface area contributed by atoms with Crippen LogP contribution >= 0.6 is 11.3 Å². The van der Waals surface area contributed by atoms with Gasteiger partial charge in [-0.1, -0.05) is 11.6 Å². The van der Waals surface area contributed by atoms with E-state index in [0.29, 0.717) is 23.8 Å². The number of aryl methyl sites for hydroxylation is 3. The van der Waals surface area contributed by atoms with Crippen molar-refractivity contribution in [2.45, 2.75) is 33.6 Å². The molecular formula is C23H26N4O2S. The fourth-order valence-electron chi connectivity index (χ4n) is 4.10. The molecule has 0 bridgehead atoms. The zero-order chi connectivity index (χ0) is 21.3. The van der Waals surface area contributed by atoms with E-state index in [2.05, 4.69) is 27.0 Å². The van der Waals surface area contributed by atoms with E-state index in [1.165, 1.54) is 11.3 Å². The predicted octanol–water partition coefficient (Wildman–Crippen LogP) is 4.35. The first-order valence-corrected chi connectivity index (χ1v) is 11.1. The Kier molecular flexibility index (Phi) is 5.72. The summed E-state index contributed by atoms with van der Waals surface area (Å²) < 4.78 is 2.11. The molecule has 7 heteroatoms. The Morgan fingerprint density at radius 1 is 1.13 bits per heavy atom. The number of hydrogen-bond acceptors (Lipinski definition) is 4. The van der Waals surface area contributed by atoms with Gasteiger partial charge in [-0.15, -0.1) is 11.3 Å². The summed E-state index contributed by atoms with van der Waals surface area (Å²) in [5, 5.41) is 5.31. The Hall–Kier alpha value is -2.93. The molecule has 2 aromatic heterocycles. The molecule has 1 aliphatic rings. The van der Waals surface area contributed by atoms with Crippen LogP contribution in [0.3, 0.4) is 0 Å². The first-order chi connectivity index (χ1) is 14.4. The minimum Gasteiger partial charge on any atom is -0.338 e. The molecule has 1 aromatic carbocycles. The lowest BCUT2D eigenvalue weighted by Crippen LogP contribution is -2.44. The highest BCUT2D eigenvalue weighted by atomic mass is 32.1. The smallest absolute Gasteiger partial charge is 0.256 e. The van der Waals surface area contributed by atoms with E-state index in [-0.39, 0.29) is 17.7 Å². The van der Waals surface area contributed by atoms with Crippen molar-refractivity contribution < 1.29 is 9.59 Å². The Balaban J connectivity index is 1.58. The summed E-state index contributed by atoms with van der Waals surface area (Å²) in [6.45, 7) is 7.17. The van der Waals surface area contributed by atoms with Crippen LogP contribution in [0.5, 0.6) is 0 Å². The summed E-state index contributed by atoms with van der Waals surface area (Å²) in [5.41, 5.74) is 4.78. The second-order valence-corrected chi connectivity index (χ2v) is 8.78. The second kappa shape index (κ2) is 8.44. The van der Waals surface area contributed by atoms with Gasteiger partial charge in [-0.25, -0.2) is 4.98 Å². The third kappa shape index (κ3) is 4.03. The minimum absolute atomic E-state index is 0.0204. The summed E-state index contributed by atoms with van der Waals surface area (Å²) in [4.78, 5) is 32.2. The molecule has 0 saturated carbocycles. The van der Waals surface area contributed by atoms with Crippen molar-refractivity contribution in [3.8, 4) is 5.69 Å². The van der Waals surface area contributed by atoms with Gasteiger partial charge in [-0.05, 0) is 57.9 Å². The first-order valence-electron chi connectivity index (χ1n) is 10.2. The van der Waals surface area contributed by atoms with Crippen molar-refractivity contribution in [1.29, 1.82) is 0 Å². The van der Waals surface area contributed by atoms with Crippen molar-refractivity contribution in [2.24, 2.45) is 5.92 Å². The molecule has 1 aliphatic heterocycles. The number of carbonyl (C=O) groups is 2. The van der Waals surface area contributed by atoms with Gasteiger partial charge in [0.2, 0.25) is 5.91 Å². The summed E-state index contributed by atoms with van der Waals surface area (Å²) in [7, 11) is 0. The molecule has 1 unspecified atom stereocenters. The van der Waals surface area contributed by atoms with Crippen LogP contribution in [-0.4, -0.2) is 39.4 Å². The molecule has 0 radical (unpaired) electrons. The van der Waals surface area contributed by atoms with E-state index in [1.807, 2.05) is 49.3 Å². The van der Waals surface area contributed by atoms with Gasteiger partial charge in [-0.3, -0.25) is 9.59 Å². The first kappa shape index (κ1) is 20.3. The number of rotatable bonds is 4. The molecule has 0 spiro atoms. The van der Waals surface area contributed by atoms with Gasteiger partial charge in [0.15, 0.2) is 5.13 Å². The summed E-state index contributed by atoms with van der Waals surface area (Å²) >= 11 is 1.40. The molecule has 1 N–H and O–H groups in total. The summed E-state index contributed by atoms with van der Waals surface area (Å²) in [5.74, 6) is -0.313. The molecule has 4 rings (SSSR count). The standard InChI is InChI=1S/C23H26N4O2S/c1-15-6-9-20(27-16(2)7-8-17(27)3)19(13-15)22(29)26-11-4-5-18(14-26)21(28)25-23-24-10-12-30-23/h6-10,12-13,18H,4-5,11,14H2,1-3H3,(H,24,25,28). The zero-order valence-electron chi connectivity index (χ0n) is 17.5. The van der Waals surface area contributed by atoms with Gasteiger partial charge in [0.05, 0.1) is 17.2 Å². The number of aromatic nitrogens is 2. The van der Waals surface area contributed by atoms with E-state index >= 15 is 0 Å². The number of piperidine rings is 1. The number of nitrogens with zero attached hydrogens (tertiary/aromatic N) is 3. The molecule has 30 heavy (non-hydrogen) atoms. The number of hydrogen-bond donors (Lipinski definition) is 1. The average molecular weight is 423 g/mol. The van der Waals surface area contributed by atoms with Gasteiger partial charge >= 0.3 is 0 Å². The van der Waals surface area contributed by atoms with Gasteiger partial charge in [-0.2, -0.15) is 0 Å². The number of amides is 2. The van der Waals surface area contributed by atoms with Crippen molar-refractivity contribution in [1.82, 2.24) is 14.5 Å². The molecule has 1 saturated heterocycles. The SMILES string of the molecule is Cc1ccc(-n2c(C)ccc2C)c(C(=O)N2CCCC(C(=O)Nc3nccs3)C2)c1. The monoisotopic (exact) mass is 422 g/mol. The van der Waals surface area contributed by atoms with E-state index in [4.69, 9.17) is 0 Å². The van der Waals surface area contributed by atoms with Gasteiger partial charge in [0, 0.05) is 36.1 Å². The topological polar surface area (TPSA) is 67.2 Å². The fraction of sp³-hybridized carbons (Fsp3) is 0.348. The predicted molar refractivity (Wildman–Crippen MR) is 119 cm³/mol. The summed E-state index contributed by atoms with van der Waals surface area (Å²) in [6.07, 6.45) is 3.25. The van der Waals surface area contributed by atoms with Crippen LogP contribution in [-0.2, 0) is 4.79 Å². The van der Waals surface area contributed by atoms with Crippen LogP contribution in [0.2, 0.25) is 0 Å². The van der Waals surface area contributed by atoms with Crippen LogP contribution in [0.25, 0.3) is 5.69 Å². The number of anilines is 1. The Morgan fingerprint density at radius 3 is 2.60 bits per heavy atom. The van der Waals surface area contributed by atoms with Crippen molar-refractivity contribution >= 4 is 28.3 Å². The van der Waals surface area contributed by atoms with E-state index in [0.717, 1.165) is 35.5 Å². The Labute approximate surface area is 180 Å². The molecule has 1 fully saturated rings. The zero-order valence-corrected chi connectivity index (χ0v) is 18.3. The molecule has 3 aromatic rings. The summed E-state index contributed by atoms with van der Waals surface area (Å²) in [6, 6.07) is 10.1. The Morgan fingerprint density at radius 2 is 1.90 bits per heavy atom. The number of thiazole rings is 1. The lowest BCUT2D eigenvalue weighted by molar-refractivity contribution is -0.121. The van der Waals surface area contributed by atoms with Crippen LogP contribution in [0.1, 0.15) is 40.2 Å². The maximum atomic E-state index is 13.5. The molecule has 3 heterocycles. The van der Waals surface area contributed by atoms with Gasteiger partial charge < -0.3 is 14.8 Å². The number of likely N-dealkylation sites (tertiary alicyclic amines) is 1. The van der Waals surface area contributed by atoms with Gasteiger partial charge in [0.1, 0.15) is 0 Å². The van der Waals surface area contributed by atoms with E-state index in [9.17, 15) is 9.59 Å². The highest BCUT2D eigenvalue weighted by molar-refractivity contribution is 7.13. The maximum absolute atomic E-state index is 13.5.